The lowest BCUT2D eigenvalue weighted by molar-refractivity contribution is 0.435. The molecule has 4 heteroatoms. The molecule has 2 aromatic rings. The van der Waals surface area contributed by atoms with E-state index in [4.69, 9.17) is 10.3 Å². The summed E-state index contributed by atoms with van der Waals surface area (Å²) < 4.78 is 6.23. The summed E-state index contributed by atoms with van der Waals surface area (Å²) in [5, 5.41) is 3.79. The molecule has 0 saturated heterocycles. The van der Waals surface area contributed by atoms with Crippen molar-refractivity contribution in [3.05, 3.63) is 34.3 Å². The van der Waals surface area contributed by atoms with Gasteiger partial charge in [-0.25, -0.2) is 0 Å². The zero-order valence-electron chi connectivity index (χ0n) is 8.33. The third-order valence-corrected chi connectivity index (χ3v) is 2.98. The quantitative estimate of drug-likeness (QED) is 0.908. The van der Waals surface area contributed by atoms with Gasteiger partial charge in [0.05, 0.1) is 0 Å². The van der Waals surface area contributed by atoms with Crippen LogP contribution in [0.15, 0.2) is 33.3 Å². The van der Waals surface area contributed by atoms with Gasteiger partial charge in [0, 0.05) is 15.6 Å². The van der Waals surface area contributed by atoms with Gasteiger partial charge in [-0.2, -0.15) is 0 Å². The highest BCUT2D eigenvalue weighted by atomic mass is 79.9. The summed E-state index contributed by atoms with van der Waals surface area (Å²) in [5.41, 5.74) is 7.66. The highest BCUT2D eigenvalue weighted by Gasteiger charge is 2.15. The van der Waals surface area contributed by atoms with Crippen molar-refractivity contribution in [2.75, 3.05) is 5.73 Å². The number of nitrogens with zero attached hydrogens (tertiary/aromatic N) is 1. The molecule has 2 rings (SSSR count). The van der Waals surface area contributed by atoms with Crippen LogP contribution in [0.25, 0.3) is 11.3 Å². The smallest absolute Gasteiger partial charge is 0.173 e. The Hall–Kier alpha value is -1.29. The van der Waals surface area contributed by atoms with Gasteiger partial charge in [-0.3, -0.25) is 0 Å². The van der Waals surface area contributed by atoms with Crippen molar-refractivity contribution < 1.29 is 4.52 Å². The van der Waals surface area contributed by atoms with Gasteiger partial charge in [0.2, 0.25) is 0 Å². The van der Waals surface area contributed by atoms with Crippen LogP contribution in [0.5, 0.6) is 0 Å². The number of anilines is 1. The molecule has 0 aliphatic carbocycles. The van der Waals surface area contributed by atoms with E-state index >= 15 is 0 Å². The van der Waals surface area contributed by atoms with Crippen molar-refractivity contribution in [2.24, 2.45) is 0 Å². The molecule has 1 heterocycles. The molecule has 0 radical (unpaired) electrons. The van der Waals surface area contributed by atoms with E-state index in [1.54, 1.807) is 0 Å². The first kappa shape index (κ1) is 10.2. The Morgan fingerprint density at radius 3 is 2.80 bits per heavy atom. The summed E-state index contributed by atoms with van der Waals surface area (Å²) in [7, 11) is 0. The summed E-state index contributed by atoms with van der Waals surface area (Å²) in [4.78, 5) is 0. The average Bonchev–Trinajstić information content (AvgIpc) is 2.60. The number of hydrogen-bond donors (Lipinski definition) is 1. The van der Waals surface area contributed by atoms with Crippen LogP contribution in [-0.2, 0) is 6.42 Å². The summed E-state index contributed by atoms with van der Waals surface area (Å²) in [6.45, 7) is 2.03. The summed E-state index contributed by atoms with van der Waals surface area (Å²) in [6, 6.07) is 7.86. The van der Waals surface area contributed by atoms with Crippen LogP contribution in [0.4, 0.5) is 5.82 Å². The van der Waals surface area contributed by atoms with Gasteiger partial charge in [0.25, 0.3) is 0 Å². The molecule has 0 spiro atoms. The van der Waals surface area contributed by atoms with Crippen molar-refractivity contribution in [3.63, 3.8) is 0 Å². The zero-order chi connectivity index (χ0) is 10.8. The van der Waals surface area contributed by atoms with Crippen molar-refractivity contribution in [1.29, 1.82) is 0 Å². The maximum atomic E-state index is 5.72. The predicted molar refractivity (Wildman–Crippen MR) is 63.4 cm³/mol. The van der Waals surface area contributed by atoms with Crippen molar-refractivity contribution in [2.45, 2.75) is 13.3 Å². The highest BCUT2D eigenvalue weighted by Crippen LogP contribution is 2.33. The molecule has 1 aromatic heterocycles. The summed E-state index contributed by atoms with van der Waals surface area (Å²) in [6.07, 6.45) is 0.812. The van der Waals surface area contributed by atoms with Gasteiger partial charge < -0.3 is 10.3 Å². The Balaban J connectivity index is 2.59. The van der Waals surface area contributed by atoms with Gasteiger partial charge in [0.1, 0.15) is 0 Å². The minimum Gasteiger partial charge on any atom is -0.381 e. The second kappa shape index (κ2) is 4.06. The topological polar surface area (TPSA) is 52.0 Å². The minimum absolute atomic E-state index is 0.475. The Labute approximate surface area is 96.4 Å². The third-order valence-electron chi connectivity index (χ3n) is 2.29. The van der Waals surface area contributed by atoms with E-state index in [1.165, 1.54) is 0 Å². The van der Waals surface area contributed by atoms with E-state index in [-0.39, 0.29) is 0 Å². The molecule has 0 atom stereocenters. The van der Waals surface area contributed by atoms with Crippen LogP contribution >= 0.6 is 15.9 Å². The molecule has 0 amide bonds. The molecular weight excluding hydrogens is 256 g/mol. The number of hydrogen-bond acceptors (Lipinski definition) is 3. The van der Waals surface area contributed by atoms with Crippen LogP contribution in [0.1, 0.15) is 12.5 Å². The number of nitrogen functional groups attached to an aromatic ring is 1. The molecular formula is C11H11BrN2O. The third kappa shape index (κ3) is 1.77. The molecule has 0 bridgehead atoms. The van der Waals surface area contributed by atoms with Gasteiger partial charge in [0.15, 0.2) is 11.6 Å². The Morgan fingerprint density at radius 1 is 1.40 bits per heavy atom. The Kier molecular flexibility index (Phi) is 2.77. The molecule has 0 aliphatic heterocycles. The molecule has 15 heavy (non-hydrogen) atoms. The number of benzene rings is 1. The van der Waals surface area contributed by atoms with Gasteiger partial charge in [-0.15, -0.1) is 0 Å². The standard InChI is InChI=1S/C11H11BrN2O/c1-2-7-10(15-14-11(7)13)8-5-3-4-6-9(8)12/h3-6H,2H2,1H3,(H2,13,14). The molecule has 3 nitrogen and oxygen atoms in total. The first-order chi connectivity index (χ1) is 7.24. The summed E-state index contributed by atoms with van der Waals surface area (Å²) >= 11 is 3.48. The van der Waals surface area contributed by atoms with Gasteiger partial charge in [-0.1, -0.05) is 40.1 Å². The van der Waals surface area contributed by atoms with Crippen LogP contribution in [0.3, 0.4) is 0 Å². The first-order valence-corrected chi connectivity index (χ1v) is 5.52. The van der Waals surface area contributed by atoms with E-state index in [0.29, 0.717) is 5.82 Å². The second-order valence-corrected chi connectivity index (χ2v) is 4.06. The number of aromatic nitrogens is 1. The monoisotopic (exact) mass is 266 g/mol. The Morgan fingerprint density at radius 2 is 2.13 bits per heavy atom. The van der Waals surface area contributed by atoms with Crippen LogP contribution in [0, 0.1) is 0 Å². The Bertz CT molecular complexity index is 479. The van der Waals surface area contributed by atoms with Crippen molar-refractivity contribution in [1.82, 2.24) is 5.16 Å². The SMILES string of the molecule is CCc1c(N)noc1-c1ccccc1Br. The van der Waals surface area contributed by atoms with Crippen molar-refractivity contribution in [3.8, 4) is 11.3 Å². The fraction of sp³-hybridized carbons (Fsp3) is 0.182. The molecule has 78 valence electrons. The summed E-state index contributed by atoms with van der Waals surface area (Å²) in [5.74, 6) is 1.23. The average molecular weight is 267 g/mol. The van der Waals surface area contributed by atoms with Crippen LogP contribution in [-0.4, -0.2) is 5.16 Å². The molecule has 2 N–H and O–H groups in total. The maximum absolute atomic E-state index is 5.72. The van der Waals surface area contributed by atoms with E-state index in [1.807, 2.05) is 31.2 Å². The van der Waals surface area contributed by atoms with Crippen molar-refractivity contribution >= 4 is 21.7 Å². The molecule has 0 saturated carbocycles. The lowest BCUT2D eigenvalue weighted by Gasteiger charge is -2.01. The highest BCUT2D eigenvalue weighted by molar-refractivity contribution is 9.10. The van der Waals surface area contributed by atoms with E-state index in [2.05, 4.69) is 21.1 Å². The maximum Gasteiger partial charge on any atom is 0.173 e. The van der Waals surface area contributed by atoms with E-state index < -0.39 is 0 Å². The fourth-order valence-corrected chi connectivity index (χ4v) is 1.98. The lowest BCUT2D eigenvalue weighted by atomic mass is 10.1. The lowest BCUT2D eigenvalue weighted by Crippen LogP contribution is -1.91. The first-order valence-electron chi connectivity index (χ1n) is 4.73. The van der Waals surface area contributed by atoms with Gasteiger partial charge in [-0.05, 0) is 18.6 Å². The molecule has 0 unspecified atom stereocenters. The second-order valence-electron chi connectivity index (χ2n) is 3.21. The molecule has 0 fully saturated rings. The van der Waals surface area contributed by atoms with Gasteiger partial charge >= 0.3 is 0 Å². The number of nitrogens with two attached hydrogens (primary N) is 1. The predicted octanol–water partition coefficient (Wildman–Crippen LogP) is 3.25. The number of halogens is 1. The zero-order valence-corrected chi connectivity index (χ0v) is 9.91. The molecule has 1 aromatic carbocycles. The normalized spacial score (nSPS) is 10.5. The molecule has 0 aliphatic rings. The van der Waals surface area contributed by atoms with E-state index in [0.717, 1.165) is 27.8 Å². The largest absolute Gasteiger partial charge is 0.381 e. The number of rotatable bonds is 2. The minimum atomic E-state index is 0.475. The van der Waals surface area contributed by atoms with Crippen LogP contribution in [0.2, 0.25) is 0 Å². The van der Waals surface area contributed by atoms with Crippen LogP contribution < -0.4 is 5.73 Å². The van der Waals surface area contributed by atoms with E-state index in [9.17, 15) is 0 Å². The fourth-order valence-electron chi connectivity index (χ4n) is 1.52.